The van der Waals surface area contributed by atoms with Gasteiger partial charge in [0, 0.05) is 12.5 Å². The smallest absolute Gasteiger partial charge is 0.308 e. The summed E-state index contributed by atoms with van der Waals surface area (Å²) in [5.74, 6) is 0.575. The van der Waals surface area contributed by atoms with Gasteiger partial charge in [0.1, 0.15) is 5.75 Å². The lowest BCUT2D eigenvalue weighted by Gasteiger charge is -2.01. The second-order valence-electron chi connectivity index (χ2n) is 6.08. The Bertz CT molecular complexity index is 1260. The van der Waals surface area contributed by atoms with Crippen molar-refractivity contribution in [3.8, 4) is 17.1 Å². The molecule has 0 saturated carbocycles. The highest BCUT2D eigenvalue weighted by atomic mass is 32.1. The first-order valence-corrected chi connectivity index (χ1v) is 9.08. The molecule has 2 aromatic carbocycles. The maximum atomic E-state index is 12.6. The molecule has 0 aliphatic heterocycles. The number of thiazole rings is 1. The Hall–Kier alpha value is -3.32. The third-order valence-corrected chi connectivity index (χ3v) is 4.87. The normalized spacial score (nSPS) is 11.9. The van der Waals surface area contributed by atoms with E-state index in [1.54, 1.807) is 24.3 Å². The molecule has 0 radical (unpaired) electrons. The molecule has 0 amide bonds. The molecule has 2 aromatic heterocycles. The lowest BCUT2D eigenvalue weighted by atomic mass is 10.1. The van der Waals surface area contributed by atoms with Crippen LogP contribution in [-0.4, -0.2) is 20.6 Å². The van der Waals surface area contributed by atoms with Gasteiger partial charge >= 0.3 is 5.97 Å². The zero-order valence-corrected chi connectivity index (χ0v) is 15.5. The van der Waals surface area contributed by atoms with Gasteiger partial charge in [0.05, 0.1) is 4.53 Å². The van der Waals surface area contributed by atoms with Crippen LogP contribution in [0.15, 0.2) is 53.3 Å². The van der Waals surface area contributed by atoms with Gasteiger partial charge in [-0.15, -0.1) is 5.10 Å². The van der Waals surface area contributed by atoms with Crippen LogP contribution in [-0.2, 0) is 4.79 Å². The van der Waals surface area contributed by atoms with Gasteiger partial charge < -0.3 is 4.74 Å². The van der Waals surface area contributed by atoms with Crippen molar-refractivity contribution in [2.75, 3.05) is 0 Å². The molecule has 0 aliphatic carbocycles. The summed E-state index contributed by atoms with van der Waals surface area (Å²) >= 11 is 1.27. The molecule has 4 aromatic rings. The van der Waals surface area contributed by atoms with E-state index in [2.05, 4.69) is 10.1 Å². The van der Waals surface area contributed by atoms with Crippen LogP contribution < -0.4 is 14.8 Å². The summed E-state index contributed by atoms with van der Waals surface area (Å²) in [6.45, 7) is 3.36. The minimum Gasteiger partial charge on any atom is -0.427 e. The minimum atomic E-state index is -0.390. The quantitative estimate of drug-likeness (QED) is 0.405. The molecule has 27 heavy (non-hydrogen) atoms. The first-order chi connectivity index (χ1) is 13.0. The second-order valence-corrected chi connectivity index (χ2v) is 7.09. The van der Waals surface area contributed by atoms with Gasteiger partial charge in [0.25, 0.3) is 5.56 Å². The Morgan fingerprint density at radius 3 is 2.67 bits per heavy atom. The van der Waals surface area contributed by atoms with Crippen LogP contribution in [0.1, 0.15) is 18.1 Å². The molecule has 0 atom stereocenters. The number of hydrogen-bond donors (Lipinski definition) is 0. The highest BCUT2D eigenvalue weighted by molar-refractivity contribution is 7.15. The predicted octanol–water partition coefficient (Wildman–Crippen LogP) is 2.60. The zero-order chi connectivity index (χ0) is 19.0. The number of benzene rings is 2. The number of aryl methyl sites for hydroxylation is 1. The lowest BCUT2D eigenvalue weighted by molar-refractivity contribution is -0.131. The summed E-state index contributed by atoms with van der Waals surface area (Å²) in [6, 6.07) is 14.8. The first kappa shape index (κ1) is 17.1. The van der Waals surface area contributed by atoms with Crippen molar-refractivity contribution in [3.05, 3.63) is 74.5 Å². The highest BCUT2D eigenvalue weighted by Gasteiger charge is 2.12. The Kier molecular flexibility index (Phi) is 4.29. The molecule has 0 fully saturated rings. The van der Waals surface area contributed by atoms with Crippen LogP contribution in [0.25, 0.3) is 22.4 Å². The molecule has 0 bridgehead atoms. The zero-order valence-electron chi connectivity index (χ0n) is 14.7. The number of aromatic nitrogens is 3. The van der Waals surface area contributed by atoms with Crippen LogP contribution in [0.3, 0.4) is 0 Å². The van der Waals surface area contributed by atoms with Gasteiger partial charge in [-0.25, -0.2) is 0 Å². The number of carbonyl (C=O) groups excluding carboxylic acids is 1. The van der Waals surface area contributed by atoms with Crippen LogP contribution in [0.5, 0.6) is 5.75 Å². The summed E-state index contributed by atoms with van der Waals surface area (Å²) in [6.07, 6.45) is 1.74. The van der Waals surface area contributed by atoms with Crippen molar-refractivity contribution in [1.82, 2.24) is 14.6 Å². The fraction of sp³-hybridized carbons (Fsp3) is 0.100. The minimum absolute atomic E-state index is 0.223. The van der Waals surface area contributed by atoms with Crippen molar-refractivity contribution in [2.24, 2.45) is 0 Å². The largest absolute Gasteiger partial charge is 0.427 e. The van der Waals surface area contributed by atoms with Crippen molar-refractivity contribution in [2.45, 2.75) is 13.8 Å². The van der Waals surface area contributed by atoms with Crippen molar-refractivity contribution in [1.29, 1.82) is 0 Å². The Morgan fingerprint density at radius 2 is 1.96 bits per heavy atom. The van der Waals surface area contributed by atoms with Gasteiger partial charge in [-0.1, -0.05) is 53.3 Å². The third-order valence-electron chi connectivity index (χ3n) is 3.91. The SMILES string of the molecule is CC(=O)Oc1cccc(/C=c2\sc3nc(-c4ccc(C)cc4)nn3c2=O)c1. The molecule has 7 heteroatoms. The number of hydrogen-bond acceptors (Lipinski definition) is 6. The number of rotatable bonds is 3. The van der Waals surface area contributed by atoms with Gasteiger partial charge in [0.15, 0.2) is 5.82 Å². The van der Waals surface area contributed by atoms with Crippen LogP contribution >= 0.6 is 11.3 Å². The van der Waals surface area contributed by atoms with Crippen LogP contribution in [0, 0.1) is 6.92 Å². The molecule has 0 N–H and O–H groups in total. The monoisotopic (exact) mass is 377 g/mol. The molecule has 2 heterocycles. The van der Waals surface area contributed by atoms with Gasteiger partial charge in [-0.3, -0.25) is 9.59 Å². The predicted molar refractivity (Wildman–Crippen MR) is 104 cm³/mol. The van der Waals surface area contributed by atoms with E-state index in [4.69, 9.17) is 4.74 Å². The summed E-state index contributed by atoms with van der Waals surface area (Å²) < 4.78 is 6.91. The van der Waals surface area contributed by atoms with E-state index in [1.807, 2.05) is 37.3 Å². The fourth-order valence-corrected chi connectivity index (χ4v) is 3.55. The maximum Gasteiger partial charge on any atom is 0.308 e. The topological polar surface area (TPSA) is 73.6 Å². The Balaban J connectivity index is 1.73. The van der Waals surface area contributed by atoms with Gasteiger partial charge in [-0.2, -0.15) is 9.50 Å². The third kappa shape index (κ3) is 3.50. The molecule has 134 valence electrons. The van der Waals surface area contributed by atoms with Crippen molar-refractivity contribution in [3.63, 3.8) is 0 Å². The number of fused-ring (bicyclic) bond motifs is 1. The van der Waals surface area contributed by atoms with E-state index in [-0.39, 0.29) is 11.5 Å². The first-order valence-electron chi connectivity index (χ1n) is 8.26. The Morgan fingerprint density at radius 1 is 1.19 bits per heavy atom. The van der Waals surface area contributed by atoms with Gasteiger partial charge in [-0.05, 0) is 30.7 Å². The van der Waals surface area contributed by atoms with E-state index in [1.165, 1.54) is 22.8 Å². The Labute approximate surface area is 158 Å². The molecule has 6 nitrogen and oxygen atoms in total. The van der Waals surface area contributed by atoms with E-state index in [9.17, 15) is 9.59 Å². The molecule has 0 spiro atoms. The lowest BCUT2D eigenvalue weighted by Crippen LogP contribution is -2.23. The summed E-state index contributed by atoms with van der Waals surface area (Å²) in [7, 11) is 0. The molecule has 0 unspecified atom stereocenters. The average molecular weight is 377 g/mol. The standard InChI is InChI=1S/C20H15N3O3S/c1-12-6-8-15(9-7-12)18-21-20-23(22-18)19(25)17(27-20)11-14-4-3-5-16(10-14)26-13(2)24/h3-11H,1-2H3/b17-11-. The van der Waals surface area contributed by atoms with E-state index < -0.39 is 0 Å². The van der Waals surface area contributed by atoms with Gasteiger partial charge in [0.2, 0.25) is 4.96 Å². The van der Waals surface area contributed by atoms with Crippen molar-refractivity contribution < 1.29 is 9.53 Å². The number of nitrogens with zero attached hydrogens (tertiary/aromatic N) is 3. The molecule has 4 rings (SSSR count). The van der Waals surface area contributed by atoms with E-state index in [0.717, 1.165) is 16.7 Å². The second kappa shape index (κ2) is 6.77. The molecular formula is C20H15N3O3S. The molecular weight excluding hydrogens is 362 g/mol. The van der Waals surface area contributed by atoms with Crippen LogP contribution in [0.2, 0.25) is 0 Å². The summed E-state index contributed by atoms with van der Waals surface area (Å²) in [5, 5.41) is 4.35. The average Bonchev–Trinajstić information content (AvgIpc) is 3.16. The number of carbonyl (C=O) groups is 1. The maximum absolute atomic E-state index is 12.6. The number of esters is 1. The number of ether oxygens (including phenoxy) is 1. The molecule has 0 saturated heterocycles. The summed E-state index contributed by atoms with van der Waals surface area (Å²) in [4.78, 5) is 28.7. The fourth-order valence-electron chi connectivity index (χ4n) is 2.64. The van der Waals surface area contributed by atoms with Crippen molar-refractivity contribution >= 4 is 28.3 Å². The van der Waals surface area contributed by atoms with Crippen LogP contribution in [0.4, 0.5) is 0 Å². The summed E-state index contributed by atoms with van der Waals surface area (Å²) in [5.41, 5.74) is 2.56. The highest BCUT2D eigenvalue weighted by Crippen LogP contribution is 2.17. The van der Waals surface area contributed by atoms with E-state index >= 15 is 0 Å². The van der Waals surface area contributed by atoms with E-state index in [0.29, 0.717) is 21.1 Å². The molecule has 0 aliphatic rings.